The Bertz CT molecular complexity index is 478. The Morgan fingerprint density at radius 2 is 2.05 bits per heavy atom. The highest BCUT2D eigenvalue weighted by Crippen LogP contribution is 2.04. The molecule has 21 heavy (non-hydrogen) atoms. The number of carbonyl (C=O) groups is 2. The van der Waals surface area contributed by atoms with Crippen molar-refractivity contribution in [3.63, 3.8) is 0 Å². The first-order valence-electron chi connectivity index (χ1n) is 6.99. The third kappa shape index (κ3) is 5.26. The van der Waals surface area contributed by atoms with Gasteiger partial charge in [0, 0.05) is 13.1 Å². The van der Waals surface area contributed by atoms with E-state index in [0.29, 0.717) is 19.7 Å². The fourth-order valence-corrected chi connectivity index (χ4v) is 2.26. The van der Waals surface area contributed by atoms with Crippen LogP contribution >= 0.6 is 0 Å². The third-order valence-electron chi connectivity index (χ3n) is 3.28. The van der Waals surface area contributed by atoms with Gasteiger partial charge in [0.2, 0.25) is 11.8 Å². The molecule has 1 saturated heterocycles. The summed E-state index contributed by atoms with van der Waals surface area (Å²) in [4.78, 5) is 25.5. The molecule has 0 aromatic heterocycles. The minimum atomic E-state index is -0.325. The summed E-state index contributed by atoms with van der Waals surface area (Å²) in [6.07, 6.45) is -0.0684. The topological polar surface area (TPSA) is 78.9 Å². The number of rotatable bonds is 5. The molecule has 1 aliphatic heterocycles. The molecule has 1 heterocycles. The second kappa shape index (κ2) is 7.87. The van der Waals surface area contributed by atoms with Crippen LogP contribution < -0.4 is 5.32 Å². The minimum absolute atomic E-state index is 0.0644. The number of carbonyl (C=O) groups excluding carboxylic acids is 2. The zero-order chi connectivity index (χ0) is 15.1. The van der Waals surface area contributed by atoms with E-state index < -0.39 is 0 Å². The van der Waals surface area contributed by atoms with Gasteiger partial charge in [-0.15, -0.1) is 0 Å². The molecule has 6 heteroatoms. The third-order valence-corrected chi connectivity index (χ3v) is 3.28. The first-order valence-corrected chi connectivity index (χ1v) is 6.99. The monoisotopic (exact) mass is 292 g/mol. The largest absolute Gasteiger partial charge is 0.394 e. The van der Waals surface area contributed by atoms with E-state index in [4.69, 9.17) is 9.84 Å². The lowest BCUT2D eigenvalue weighted by molar-refractivity contribution is -0.132. The van der Waals surface area contributed by atoms with Gasteiger partial charge in [-0.2, -0.15) is 0 Å². The van der Waals surface area contributed by atoms with Crippen LogP contribution in [-0.2, 0) is 20.7 Å². The van der Waals surface area contributed by atoms with E-state index in [2.05, 4.69) is 5.32 Å². The number of hydrogen-bond donors (Lipinski definition) is 2. The van der Waals surface area contributed by atoms with E-state index in [9.17, 15) is 9.59 Å². The fourth-order valence-electron chi connectivity index (χ4n) is 2.26. The van der Waals surface area contributed by atoms with Gasteiger partial charge < -0.3 is 9.84 Å². The van der Waals surface area contributed by atoms with Crippen LogP contribution in [0.2, 0.25) is 0 Å². The van der Waals surface area contributed by atoms with Gasteiger partial charge in [0.15, 0.2) is 0 Å². The molecule has 1 unspecified atom stereocenters. The summed E-state index contributed by atoms with van der Waals surface area (Å²) in [6.45, 7) is 1.68. The predicted molar refractivity (Wildman–Crippen MR) is 76.6 cm³/mol. The van der Waals surface area contributed by atoms with Crippen molar-refractivity contribution in [3.8, 4) is 0 Å². The van der Waals surface area contributed by atoms with Crippen LogP contribution in [0.3, 0.4) is 0 Å². The van der Waals surface area contributed by atoms with Gasteiger partial charge in [0.05, 0.1) is 32.3 Å². The molecule has 1 aliphatic rings. The average molecular weight is 292 g/mol. The first-order chi connectivity index (χ1) is 10.2. The minimum Gasteiger partial charge on any atom is -0.394 e. The normalized spacial score (nSPS) is 19.2. The number of aliphatic hydroxyl groups is 1. The van der Waals surface area contributed by atoms with Crippen LogP contribution in [0.1, 0.15) is 5.56 Å². The summed E-state index contributed by atoms with van der Waals surface area (Å²) in [5.74, 6) is -0.632. The lowest BCUT2D eigenvalue weighted by Crippen LogP contribution is -2.48. The zero-order valence-corrected chi connectivity index (χ0v) is 11.8. The van der Waals surface area contributed by atoms with Gasteiger partial charge in [-0.05, 0) is 5.56 Å². The van der Waals surface area contributed by atoms with Gasteiger partial charge in [-0.1, -0.05) is 30.3 Å². The molecule has 0 aliphatic carbocycles. The van der Waals surface area contributed by atoms with Gasteiger partial charge in [-0.3, -0.25) is 19.8 Å². The zero-order valence-electron chi connectivity index (χ0n) is 11.8. The number of imide groups is 1. The van der Waals surface area contributed by atoms with Crippen molar-refractivity contribution in [2.75, 3.05) is 32.8 Å². The molecule has 114 valence electrons. The van der Waals surface area contributed by atoms with Crippen molar-refractivity contribution in [2.24, 2.45) is 0 Å². The highest BCUT2D eigenvalue weighted by atomic mass is 16.5. The number of amides is 2. The quantitative estimate of drug-likeness (QED) is 0.769. The second-order valence-electron chi connectivity index (χ2n) is 5.04. The second-order valence-corrected chi connectivity index (χ2v) is 5.04. The number of nitrogens with zero attached hydrogens (tertiary/aromatic N) is 1. The van der Waals surface area contributed by atoms with E-state index in [1.807, 2.05) is 35.2 Å². The van der Waals surface area contributed by atoms with E-state index in [-0.39, 0.29) is 37.5 Å². The van der Waals surface area contributed by atoms with Crippen molar-refractivity contribution in [1.82, 2.24) is 10.2 Å². The number of benzene rings is 1. The van der Waals surface area contributed by atoms with E-state index in [0.717, 1.165) is 5.56 Å². The molecule has 0 spiro atoms. The van der Waals surface area contributed by atoms with Crippen LogP contribution in [-0.4, -0.2) is 60.8 Å². The molecular weight excluding hydrogens is 272 g/mol. The lowest BCUT2D eigenvalue weighted by atomic mass is 10.1. The Hall–Kier alpha value is -1.76. The van der Waals surface area contributed by atoms with Crippen LogP contribution in [0.25, 0.3) is 0 Å². The average Bonchev–Trinajstić information content (AvgIpc) is 2.48. The molecule has 1 aromatic carbocycles. The van der Waals surface area contributed by atoms with Crippen molar-refractivity contribution in [2.45, 2.75) is 12.5 Å². The number of hydrogen-bond acceptors (Lipinski definition) is 5. The predicted octanol–water partition coefficient (Wildman–Crippen LogP) is -0.435. The molecule has 2 N–H and O–H groups in total. The maximum Gasteiger partial charge on any atom is 0.240 e. The Kier molecular flexibility index (Phi) is 5.86. The van der Waals surface area contributed by atoms with E-state index in [1.165, 1.54) is 0 Å². The molecule has 1 aromatic rings. The van der Waals surface area contributed by atoms with Crippen molar-refractivity contribution in [1.29, 1.82) is 0 Å². The van der Waals surface area contributed by atoms with E-state index in [1.54, 1.807) is 0 Å². The highest BCUT2D eigenvalue weighted by Gasteiger charge is 2.22. The molecule has 6 nitrogen and oxygen atoms in total. The summed E-state index contributed by atoms with van der Waals surface area (Å²) in [5.41, 5.74) is 0.870. The Morgan fingerprint density at radius 1 is 1.29 bits per heavy atom. The summed E-state index contributed by atoms with van der Waals surface area (Å²) < 4.78 is 5.31. The Morgan fingerprint density at radius 3 is 2.76 bits per heavy atom. The fraction of sp³-hybridized carbons (Fsp3) is 0.467. The summed E-state index contributed by atoms with van der Waals surface area (Å²) in [6, 6.07) is 9.28. The molecular formula is C15H20N2O4. The number of nitrogens with one attached hydrogen (secondary N) is 1. The summed E-state index contributed by atoms with van der Waals surface area (Å²) in [7, 11) is 0. The van der Waals surface area contributed by atoms with Crippen LogP contribution in [0.15, 0.2) is 30.3 Å². The lowest BCUT2D eigenvalue weighted by Gasteiger charge is -2.31. The number of ether oxygens (including phenoxy) is 1. The van der Waals surface area contributed by atoms with Gasteiger partial charge in [-0.25, -0.2) is 0 Å². The van der Waals surface area contributed by atoms with Crippen LogP contribution in [0.4, 0.5) is 0 Å². The standard InChI is InChI=1S/C15H20N2O4/c18-11-13-9-17(6-7-21-13)10-15(20)16-14(19)8-12-4-2-1-3-5-12/h1-5,13,18H,6-11H2,(H,16,19,20). The summed E-state index contributed by atoms with van der Waals surface area (Å²) in [5, 5.41) is 11.4. The van der Waals surface area contributed by atoms with Crippen molar-refractivity contribution >= 4 is 11.8 Å². The first kappa shape index (κ1) is 15.6. The van der Waals surface area contributed by atoms with Crippen LogP contribution in [0.5, 0.6) is 0 Å². The smallest absolute Gasteiger partial charge is 0.240 e. The summed E-state index contributed by atoms with van der Waals surface area (Å²) >= 11 is 0. The number of morpholine rings is 1. The molecule has 0 bridgehead atoms. The number of aliphatic hydroxyl groups excluding tert-OH is 1. The molecule has 1 atom stereocenters. The van der Waals surface area contributed by atoms with Crippen molar-refractivity contribution in [3.05, 3.63) is 35.9 Å². The SMILES string of the molecule is O=C(Cc1ccccc1)NC(=O)CN1CCOC(CO)C1. The maximum atomic E-state index is 11.8. The van der Waals surface area contributed by atoms with Gasteiger partial charge in [0.1, 0.15) is 0 Å². The molecule has 0 radical (unpaired) electrons. The Labute approximate surface area is 123 Å². The highest BCUT2D eigenvalue weighted by molar-refractivity contribution is 5.96. The molecule has 1 fully saturated rings. The maximum absolute atomic E-state index is 11.8. The molecule has 2 rings (SSSR count). The van der Waals surface area contributed by atoms with E-state index >= 15 is 0 Å². The van der Waals surface area contributed by atoms with Crippen molar-refractivity contribution < 1.29 is 19.4 Å². The molecule has 0 saturated carbocycles. The van der Waals surface area contributed by atoms with Crippen LogP contribution in [0, 0.1) is 0 Å². The Balaban J connectivity index is 1.75. The van der Waals surface area contributed by atoms with Gasteiger partial charge in [0.25, 0.3) is 0 Å². The molecule has 2 amide bonds. The van der Waals surface area contributed by atoms with Gasteiger partial charge >= 0.3 is 0 Å².